The maximum absolute atomic E-state index is 6.03. The van der Waals surface area contributed by atoms with Crippen LogP contribution >= 0.6 is 27.5 Å². The normalized spacial score (nSPS) is 12.7. The highest BCUT2D eigenvalue weighted by Gasteiger charge is 2.08. The van der Waals surface area contributed by atoms with E-state index in [2.05, 4.69) is 44.2 Å². The van der Waals surface area contributed by atoms with Crippen molar-refractivity contribution >= 4 is 33.2 Å². The summed E-state index contributed by atoms with van der Waals surface area (Å²) in [5.74, 6) is 0. The van der Waals surface area contributed by atoms with E-state index in [-0.39, 0.29) is 6.04 Å². The molecule has 4 nitrogen and oxygen atoms in total. The van der Waals surface area contributed by atoms with E-state index in [1.54, 1.807) is 6.20 Å². The Morgan fingerprint density at radius 1 is 1.33 bits per heavy atom. The molecule has 1 aromatic carbocycles. The molecular weight excluding hydrogens is 352 g/mol. The SMILES string of the molecule is C[C@@H](NCc1cnc2cnc(Br)cn12)c1cccc(Cl)c1. The number of nitrogens with one attached hydrogen (secondary N) is 1. The first-order chi connectivity index (χ1) is 10.1. The fourth-order valence-electron chi connectivity index (χ4n) is 2.20. The molecule has 2 heterocycles. The molecule has 3 rings (SSSR count). The van der Waals surface area contributed by atoms with Gasteiger partial charge in [-0.2, -0.15) is 0 Å². The van der Waals surface area contributed by atoms with Gasteiger partial charge in [0.05, 0.1) is 18.1 Å². The molecule has 6 heteroatoms. The van der Waals surface area contributed by atoms with Crippen molar-refractivity contribution in [3.63, 3.8) is 0 Å². The Hall–Kier alpha value is -1.43. The predicted octanol–water partition coefficient (Wildman–Crippen LogP) is 4.00. The lowest BCUT2D eigenvalue weighted by Gasteiger charge is -2.14. The Morgan fingerprint density at radius 3 is 3.00 bits per heavy atom. The van der Waals surface area contributed by atoms with Crippen molar-refractivity contribution in [3.05, 3.63) is 63.7 Å². The monoisotopic (exact) mass is 364 g/mol. The summed E-state index contributed by atoms with van der Waals surface area (Å²) in [7, 11) is 0. The zero-order chi connectivity index (χ0) is 14.8. The number of benzene rings is 1. The molecule has 21 heavy (non-hydrogen) atoms. The van der Waals surface area contributed by atoms with Crippen molar-refractivity contribution < 1.29 is 0 Å². The van der Waals surface area contributed by atoms with Crippen LogP contribution in [0.15, 0.2) is 47.5 Å². The van der Waals surface area contributed by atoms with Crippen LogP contribution in [0.2, 0.25) is 5.02 Å². The number of aromatic nitrogens is 3. The van der Waals surface area contributed by atoms with E-state index in [9.17, 15) is 0 Å². The van der Waals surface area contributed by atoms with Gasteiger partial charge in [-0.1, -0.05) is 23.7 Å². The van der Waals surface area contributed by atoms with E-state index in [1.165, 1.54) is 5.56 Å². The number of hydrogen-bond donors (Lipinski definition) is 1. The standard InChI is InChI=1S/C15H14BrClN4/c1-10(11-3-2-4-12(17)5-11)18-6-13-7-20-15-8-19-14(16)9-21(13)15/h2-5,7-10,18H,6H2,1H3/t10-/m1/s1. The van der Waals surface area contributed by atoms with Gasteiger partial charge in [0, 0.05) is 23.8 Å². The van der Waals surface area contributed by atoms with E-state index >= 15 is 0 Å². The number of fused-ring (bicyclic) bond motifs is 1. The van der Waals surface area contributed by atoms with E-state index < -0.39 is 0 Å². The maximum atomic E-state index is 6.03. The fraction of sp³-hybridized carbons (Fsp3) is 0.200. The molecule has 0 aliphatic carbocycles. The molecule has 0 unspecified atom stereocenters. The second-order valence-corrected chi connectivity index (χ2v) is 6.09. The van der Waals surface area contributed by atoms with E-state index in [0.29, 0.717) is 6.54 Å². The summed E-state index contributed by atoms with van der Waals surface area (Å²) >= 11 is 9.41. The molecule has 0 aliphatic heterocycles. The highest BCUT2D eigenvalue weighted by atomic mass is 79.9. The van der Waals surface area contributed by atoms with Crippen LogP contribution in [0.3, 0.4) is 0 Å². The molecule has 0 spiro atoms. The van der Waals surface area contributed by atoms with Crippen LogP contribution in [0.5, 0.6) is 0 Å². The molecule has 0 fully saturated rings. The predicted molar refractivity (Wildman–Crippen MR) is 87.4 cm³/mol. The zero-order valence-corrected chi connectivity index (χ0v) is 13.8. The molecule has 0 saturated heterocycles. The second-order valence-electron chi connectivity index (χ2n) is 4.85. The third-order valence-corrected chi connectivity index (χ3v) is 4.02. The Balaban J connectivity index is 1.75. The van der Waals surface area contributed by atoms with Gasteiger partial charge >= 0.3 is 0 Å². The molecule has 3 aromatic rings. The minimum atomic E-state index is 0.208. The Kier molecular flexibility index (Phi) is 4.24. The van der Waals surface area contributed by atoms with Gasteiger partial charge in [-0.15, -0.1) is 0 Å². The smallest absolute Gasteiger partial charge is 0.155 e. The van der Waals surface area contributed by atoms with Crippen molar-refractivity contribution in [2.24, 2.45) is 0 Å². The van der Waals surface area contributed by atoms with Gasteiger partial charge in [-0.05, 0) is 40.5 Å². The zero-order valence-electron chi connectivity index (χ0n) is 11.4. The first kappa shape index (κ1) is 14.5. The van der Waals surface area contributed by atoms with Crippen molar-refractivity contribution in [1.29, 1.82) is 0 Å². The summed E-state index contributed by atoms with van der Waals surface area (Å²) < 4.78 is 2.81. The Labute approximate surface area is 136 Å². The minimum Gasteiger partial charge on any atom is -0.305 e. The van der Waals surface area contributed by atoms with Crippen LogP contribution in [0.4, 0.5) is 0 Å². The van der Waals surface area contributed by atoms with E-state index in [4.69, 9.17) is 11.6 Å². The van der Waals surface area contributed by atoms with Gasteiger partial charge in [0.1, 0.15) is 4.60 Å². The first-order valence-electron chi connectivity index (χ1n) is 6.60. The van der Waals surface area contributed by atoms with E-state index in [1.807, 2.05) is 35.0 Å². The summed E-state index contributed by atoms with van der Waals surface area (Å²) in [5.41, 5.74) is 3.09. The van der Waals surface area contributed by atoms with Crippen LogP contribution in [-0.4, -0.2) is 14.4 Å². The molecule has 1 N–H and O–H groups in total. The van der Waals surface area contributed by atoms with Gasteiger partial charge in [0.15, 0.2) is 5.65 Å². The summed E-state index contributed by atoms with van der Waals surface area (Å²) in [6.07, 6.45) is 5.53. The number of rotatable bonds is 4. The minimum absolute atomic E-state index is 0.208. The highest BCUT2D eigenvalue weighted by molar-refractivity contribution is 9.10. The lowest BCUT2D eigenvalue weighted by Crippen LogP contribution is -2.19. The first-order valence-corrected chi connectivity index (χ1v) is 7.77. The van der Waals surface area contributed by atoms with Crippen LogP contribution in [-0.2, 0) is 6.54 Å². The molecule has 0 aliphatic rings. The van der Waals surface area contributed by atoms with Crippen LogP contribution < -0.4 is 5.32 Å². The third kappa shape index (κ3) is 3.26. The lowest BCUT2D eigenvalue weighted by molar-refractivity contribution is 0.566. The summed E-state index contributed by atoms with van der Waals surface area (Å²) in [6.45, 7) is 2.83. The van der Waals surface area contributed by atoms with Crippen molar-refractivity contribution in [1.82, 2.24) is 19.7 Å². The van der Waals surface area contributed by atoms with Crippen LogP contribution in [0, 0.1) is 0 Å². The van der Waals surface area contributed by atoms with Crippen molar-refractivity contribution in [2.75, 3.05) is 0 Å². The van der Waals surface area contributed by atoms with Crippen molar-refractivity contribution in [3.8, 4) is 0 Å². The average molecular weight is 366 g/mol. The van der Waals surface area contributed by atoms with Gasteiger partial charge in [0.2, 0.25) is 0 Å². The van der Waals surface area contributed by atoms with Gasteiger partial charge in [-0.3, -0.25) is 4.40 Å². The third-order valence-electron chi connectivity index (χ3n) is 3.38. The largest absolute Gasteiger partial charge is 0.305 e. The molecule has 2 aromatic heterocycles. The highest BCUT2D eigenvalue weighted by Crippen LogP contribution is 2.18. The number of hydrogen-bond acceptors (Lipinski definition) is 3. The molecule has 108 valence electrons. The number of imidazole rings is 1. The maximum Gasteiger partial charge on any atom is 0.155 e. The molecular formula is C15H14BrClN4. The molecule has 0 amide bonds. The number of halogens is 2. The van der Waals surface area contributed by atoms with E-state index in [0.717, 1.165) is 21.0 Å². The summed E-state index contributed by atoms with van der Waals surface area (Å²) in [6, 6.07) is 8.10. The molecule has 0 radical (unpaired) electrons. The Bertz CT molecular complexity index is 771. The van der Waals surface area contributed by atoms with Crippen LogP contribution in [0.1, 0.15) is 24.2 Å². The van der Waals surface area contributed by atoms with Gasteiger partial charge in [-0.25, -0.2) is 9.97 Å². The van der Waals surface area contributed by atoms with Gasteiger partial charge in [0.25, 0.3) is 0 Å². The average Bonchev–Trinajstić information content (AvgIpc) is 2.87. The molecule has 0 saturated carbocycles. The number of nitrogens with zero attached hydrogens (tertiary/aromatic N) is 3. The molecule has 1 atom stereocenters. The topological polar surface area (TPSA) is 42.2 Å². The second kappa shape index (κ2) is 6.13. The Morgan fingerprint density at radius 2 is 2.19 bits per heavy atom. The molecule has 0 bridgehead atoms. The summed E-state index contributed by atoms with van der Waals surface area (Å²) in [5, 5.41) is 4.24. The summed E-state index contributed by atoms with van der Waals surface area (Å²) in [4.78, 5) is 8.51. The van der Waals surface area contributed by atoms with Gasteiger partial charge < -0.3 is 5.32 Å². The fourth-order valence-corrected chi connectivity index (χ4v) is 2.70. The lowest BCUT2D eigenvalue weighted by atomic mass is 10.1. The van der Waals surface area contributed by atoms with Crippen LogP contribution in [0.25, 0.3) is 5.65 Å². The van der Waals surface area contributed by atoms with Crippen molar-refractivity contribution in [2.45, 2.75) is 19.5 Å². The quantitative estimate of drug-likeness (QED) is 0.760.